The average molecular weight is 475 g/mol. The van der Waals surface area contributed by atoms with Gasteiger partial charge < -0.3 is 42.7 Å². The summed E-state index contributed by atoms with van der Waals surface area (Å²) in [6.45, 7) is 1.58. The van der Waals surface area contributed by atoms with Gasteiger partial charge in [0.15, 0.2) is 0 Å². The number of hydrogen-bond donors (Lipinski definition) is 8. The Morgan fingerprint density at radius 2 is 1.21 bits per heavy atom. The lowest BCUT2D eigenvalue weighted by atomic mass is 10.0. The third-order valence-corrected chi connectivity index (χ3v) is 4.59. The summed E-state index contributed by atoms with van der Waals surface area (Å²) in [6, 6.07) is -5.00. The Labute approximate surface area is 190 Å². The van der Waals surface area contributed by atoms with Crippen molar-refractivity contribution in [2.75, 3.05) is 6.54 Å². The SMILES string of the molecule is CC(NC(=O)C(CCCCN)NC(=O)C(CCC(=O)O)NC(=O)C(N)CCC(=O)O)C(=O)O. The van der Waals surface area contributed by atoms with Gasteiger partial charge in [0.05, 0.1) is 6.04 Å². The van der Waals surface area contributed by atoms with Crippen molar-refractivity contribution in [3.05, 3.63) is 0 Å². The highest BCUT2D eigenvalue weighted by Gasteiger charge is 2.29. The average Bonchev–Trinajstić information content (AvgIpc) is 2.73. The van der Waals surface area contributed by atoms with Gasteiger partial charge in [-0.25, -0.2) is 0 Å². The fourth-order valence-electron chi connectivity index (χ4n) is 2.64. The van der Waals surface area contributed by atoms with Crippen LogP contribution >= 0.6 is 0 Å². The smallest absolute Gasteiger partial charge is 0.325 e. The van der Waals surface area contributed by atoms with Gasteiger partial charge >= 0.3 is 17.9 Å². The van der Waals surface area contributed by atoms with E-state index in [1.165, 1.54) is 6.92 Å². The Kier molecular flexibility index (Phi) is 14.0. The molecule has 14 nitrogen and oxygen atoms in total. The fourth-order valence-corrected chi connectivity index (χ4v) is 2.64. The zero-order valence-corrected chi connectivity index (χ0v) is 18.4. The molecule has 33 heavy (non-hydrogen) atoms. The van der Waals surface area contributed by atoms with Gasteiger partial charge in [0.1, 0.15) is 18.1 Å². The summed E-state index contributed by atoms with van der Waals surface area (Å²) in [5.74, 6) is -6.17. The minimum absolute atomic E-state index is 0.124. The van der Waals surface area contributed by atoms with Crippen molar-refractivity contribution < 1.29 is 44.1 Å². The lowest BCUT2D eigenvalue weighted by Crippen LogP contribution is -2.56. The van der Waals surface area contributed by atoms with E-state index < -0.39 is 66.2 Å². The zero-order valence-electron chi connectivity index (χ0n) is 18.4. The molecule has 0 fully saturated rings. The van der Waals surface area contributed by atoms with Crippen LogP contribution in [0.5, 0.6) is 0 Å². The Morgan fingerprint density at radius 1 is 0.727 bits per heavy atom. The summed E-state index contributed by atoms with van der Waals surface area (Å²) in [7, 11) is 0. The van der Waals surface area contributed by atoms with Crippen LogP contribution in [0, 0.1) is 0 Å². The second-order valence-electron chi connectivity index (χ2n) is 7.45. The first kappa shape index (κ1) is 29.7. The van der Waals surface area contributed by atoms with Crippen LogP contribution in [-0.4, -0.2) is 81.7 Å². The number of carboxylic acid groups (broad SMARTS) is 3. The summed E-state index contributed by atoms with van der Waals surface area (Å²) in [6.07, 6.45) is -0.297. The number of nitrogens with two attached hydrogens (primary N) is 2. The number of carbonyl (C=O) groups is 6. The van der Waals surface area contributed by atoms with Crippen molar-refractivity contribution in [2.24, 2.45) is 11.5 Å². The molecule has 0 bridgehead atoms. The number of hydrogen-bond acceptors (Lipinski definition) is 8. The Bertz CT molecular complexity index is 716. The van der Waals surface area contributed by atoms with E-state index in [-0.39, 0.29) is 25.7 Å². The Balaban J connectivity index is 5.39. The predicted octanol–water partition coefficient (Wildman–Crippen LogP) is -2.27. The fraction of sp³-hybridized carbons (Fsp3) is 0.684. The van der Waals surface area contributed by atoms with Crippen LogP contribution < -0.4 is 27.4 Å². The maximum Gasteiger partial charge on any atom is 0.325 e. The lowest BCUT2D eigenvalue weighted by Gasteiger charge is -2.24. The first-order valence-electron chi connectivity index (χ1n) is 10.4. The molecule has 0 saturated heterocycles. The molecule has 10 N–H and O–H groups in total. The van der Waals surface area contributed by atoms with Gasteiger partial charge in [-0.05, 0) is 45.6 Å². The quantitative estimate of drug-likeness (QED) is 0.104. The van der Waals surface area contributed by atoms with Crippen LogP contribution in [-0.2, 0) is 28.8 Å². The number of amides is 3. The van der Waals surface area contributed by atoms with Crippen molar-refractivity contribution in [2.45, 2.75) is 76.0 Å². The van der Waals surface area contributed by atoms with Crippen molar-refractivity contribution in [3.8, 4) is 0 Å². The van der Waals surface area contributed by atoms with Crippen molar-refractivity contribution >= 4 is 35.6 Å². The summed E-state index contributed by atoms with van der Waals surface area (Å²) in [4.78, 5) is 70.1. The summed E-state index contributed by atoms with van der Waals surface area (Å²) >= 11 is 0. The van der Waals surface area contributed by atoms with Gasteiger partial charge in [-0.15, -0.1) is 0 Å². The van der Waals surface area contributed by atoms with Crippen LogP contribution in [0.3, 0.4) is 0 Å². The van der Waals surface area contributed by atoms with Gasteiger partial charge in [0.2, 0.25) is 17.7 Å². The molecule has 3 amide bonds. The zero-order chi connectivity index (χ0) is 25.6. The minimum atomic E-state index is -1.37. The molecule has 0 saturated carbocycles. The number of carbonyl (C=O) groups excluding carboxylic acids is 3. The molecule has 0 aromatic heterocycles. The molecule has 0 aliphatic heterocycles. The predicted molar refractivity (Wildman–Crippen MR) is 114 cm³/mol. The van der Waals surface area contributed by atoms with E-state index in [2.05, 4.69) is 16.0 Å². The number of carboxylic acids is 3. The molecule has 0 aromatic rings. The van der Waals surface area contributed by atoms with Crippen LogP contribution in [0.25, 0.3) is 0 Å². The highest BCUT2D eigenvalue weighted by Crippen LogP contribution is 2.06. The summed E-state index contributed by atoms with van der Waals surface area (Å²) < 4.78 is 0. The number of rotatable bonds is 17. The number of nitrogens with one attached hydrogen (secondary N) is 3. The van der Waals surface area contributed by atoms with Crippen LogP contribution in [0.4, 0.5) is 0 Å². The van der Waals surface area contributed by atoms with Crippen LogP contribution in [0.2, 0.25) is 0 Å². The highest BCUT2D eigenvalue weighted by atomic mass is 16.4. The second-order valence-corrected chi connectivity index (χ2v) is 7.45. The van der Waals surface area contributed by atoms with E-state index in [1.54, 1.807) is 0 Å². The van der Waals surface area contributed by atoms with E-state index >= 15 is 0 Å². The number of unbranched alkanes of at least 4 members (excludes halogenated alkanes) is 1. The molecule has 188 valence electrons. The molecule has 14 heteroatoms. The maximum absolute atomic E-state index is 12.8. The molecular weight excluding hydrogens is 442 g/mol. The monoisotopic (exact) mass is 475 g/mol. The van der Waals surface area contributed by atoms with Crippen molar-refractivity contribution in [3.63, 3.8) is 0 Å². The standard InChI is InChI=1S/C19H33N5O9/c1-10(19(32)33)22-17(30)12(4-2-3-9-20)24-18(31)13(6-8-15(27)28)23-16(29)11(21)5-7-14(25)26/h10-13H,2-9,20-21H2,1H3,(H,22,30)(H,23,29)(H,24,31)(H,25,26)(H,27,28)(H,32,33). The number of aliphatic carboxylic acids is 3. The summed E-state index contributed by atoms with van der Waals surface area (Å²) in [5.41, 5.74) is 11.1. The molecule has 0 radical (unpaired) electrons. The van der Waals surface area contributed by atoms with Gasteiger partial charge in [-0.3, -0.25) is 28.8 Å². The second kappa shape index (κ2) is 15.5. The molecule has 0 heterocycles. The van der Waals surface area contributed by atoms with Crippen LogP contribution in [0.15, 0.2) is 0 Å². The van der Waals surface area contributed by atoms with Crippen molar-refractivity contribution in [1.82, 2.24) is 16.0 Å². The largest absolute Gasteiger partial charge is 0.481 e. The molecule has 0 aliphatic carbocycles. The van der Waals surface area contributed by atoms with E-state index in [1.807, 2.05) is 0 Å². The molecule has 4 unspecified atom stereocenters. The first-order valence-corrected chi connectivity index (χ1v) is 10.4. The van der Waals surface area contributed by atoms with E-state index in [9.17, 15) is 28.8 Å². The van der Waals surface area contributed by atoms with Crippen LogP contribution in [0.1, 0.15) is 51.9 Å². The Morgan fingerprint density at radius 3 is 1.73 bits per heavy atom. The molecule has 0 rings (SSSR count). The first-order chi connectivity index (χ1) is 15.4. The van der Waals surface area contributed by atoms with Gasteiger partial charge in [-0.2, -0.15) is 0 Å². The van der Waals surface area contributed by atoms with E-state index in [0.717, 1.165) is 0 Å². The highest BCUT2D eigenvalue weighted by molar-refractivity contribution is 5.94. The summed E-state index contributed by atoms with van der Waals surface area (Å²) in [5, 5.41) is 33.6. The third kappa shape index (κ3) is 13.0. The maximum atomic E-state index is 12.8. The molecular formula is C19H33N5O9. The Hall–Kier alpha value is -3.26. The van der Waals surface area contributed by atoms with E-state index in [4.69, 9.17) is 26.8 Å². The lowest BCUT2D eigenvalue weighted by molar-refractivity contribution is -0.142. The molecule has 0 aliphatic rings. The van der Waals surface area contributed by atoms with E-state index in [0.29, 0.717) is 19.4 Å². The minimum Gasteiger partial charge on any atom is -0.481 e. The molecule has 4 atom stereocenters. The van der Waals surface area contributed by atoms with Gasteiger partial charge in [0, 0.05) is 12.8 Å². The topological polar surface area (TPSA) is 251 Å². The molecule has 0 aromatic carbocycles. The van der Waals surface area contributed by atoms with Gasteiger partial charge in [-0.1, -0.05) is 0 Å². The third-order valence-electron chi connectivity index (χ3n) is 4.59. The molecule has 0 spiro atoms. The van der Waals surface area contributed by atoms with Gasteiger partial charge in [0.25, 0.3) is 0 Å². The normalized spacial score (nSPS) is 14.3. The van der Waals surface area contributed by atoms with Crippen molar-refractivity contribution in [1.29, 1.82) is 0 Å².